The summed E-state index contributed by atoms with van der Waals surface area (Å²) in [6, 6.07) is 0. The summed E-state index contributed by atoms with van der Waals surface area (Å²) in [6.07, 6.45) is -2.90. The molecular formula is C11H17F3O4S. The Bertz CT molecular complexity index is 435. The Hall–Kier alpha value is -0.760. The molecule has 0 aliphatic heterocycles. The lowest BCUT2D eigenvalue weighted by molar-refractivity contribution is -0.120. The molecule has 1 aliphatic carbocycles. The lowest BCUT2D eigenvalue weighted by Gasteiger charge is -2.14. The maximum atomic E-state index is 12.1. The monoisotopic (exact) mass is 302 g/mol. The van der Waals surface area contributed by atoms with Crippen LogP contribution in [0.25, 0.3) is 0 Å². The highest BCUT2D eigenvalue weighted by Gasteiger charge is 2.54. The number of hydrogen-bond donors (Lipinski definition) is 1. The molecule has 0 spiro atoms. The van der Waals surface area contributed by atoms with Crippen molar-refractivity contribution in [3.63, 3.8) is 0 Å². The molecule has 0 unspecified atom stereocenters. The highest BCUT2D eigenvalue weighted by molar-refractivity contribution is 7.96. The Labute approximate surface area is 110 Å². The second kappa shape index (κ2) is 5.70. The molecule has 0 radical (unpaired) electrons. The van der Waals surface area contributed by atoms with Gasteiger partial charge in [0.25, 0.3) is 0 Å². The average Bonchev–Trinajstić information content (AvgIpc) is 3.04. The molecule has 0 aromatic rings. The second-order valence-electron chi connectivity index (χ2n) is 4.64. The minimum absolute atomic E-state index is 0.0941. The van der Waals surface area contributed by atoms with E-state index in [9.17, 15) is 21.6 Å². The Morgan fingerprint density at radius 2 is 2.00 bits per heavy atom. The molecule has 19 heavy (non-hydrogen) atoms. The van der Waals surface area contributed by atoms with Gasteiger partial charge in [-0.3, -0.25) is 0 Å². The first-order chi connectivity index (χ1) is 8.65. The van der Waals surface area contributed by atoms with Crippen molar-refractivity contribution in [1.82, 2.24) is 0 Å². The number of aliphatic hydroxyl groups is 1. The summed E-state index contributed by atoms with van der Waals surface area (Å²) in [7, 11) is -4.18. The Morgan fingerprint density at radius 1 is 1.42 bits per heavy atom. The first-order valence-corrected chi connectivity index (χ1v) is 7.49. The molecule has 1 N–H and O–H groups in total. The molecule has 0 aromatic heterocycles. The van der Waals surface area contributed by atoms with Crippen LogP contribution in [-0.2, 0) is 14.6 Å². The van der Waals surface area contributed by atoms with Gasteiger partial charge < -0.3 is 9.84 Å². The quantitative estimate of drug-likeness (QED) is 0.580. The molecule has 1 fully saturated rings. The largest absolute Gasteiger partial charge is 0.504 e. The third-order valence-electron chi connectivity index (χ3n) is 2.98. The number of allylic oxidation sites excluding steroid dienone is 1. The first kappa shape index (κ1) is 16.3. The Kier molecular flexibility index (Phi) is 4.89. The molecule has 0 bridgehead atoms. The van der Waals surface area contributed by atoms with Crippen LogP contribution in [-0.4, -0.2) is 37.7 Å². The maximum Gasteiger partial charge on any atom is 0.449 e. The van der Waals surface area contributed by atoms with E-state index in [1.165, 1.54) is 0 Å². The van der Waals surface area contributed by atoms with Crippen molar-refractivity contribution < 1.29 is 31.4 Å². The number of halogens is 3. The van der Waals surface area contributed by atoms with E-state index in [0.717, 1.165) is 12.8 Å². The molecule has 1 saturated carbocycles. The van der Waals surface area contributed by atoms with Crippen LogP contribution in [0.2, 0.25) is 0 Å². The summed E-state index contributed by atoms with van der Waals surface area (Å²) in [5, 5.41) is 8.64. The predicted octanol–water partition coefficient (Wildman–Crippen LogP) is 2.71. The van der Waals surface area contributed by atoms with Crippen molar-refractivity contribution in [3.8, 4) is 0 Å². The van der Waals surface area contributed by atoms with E-state index < -0.39 is 26.5 Å². The minimum atomic E-state index is -5.05. The van der Waals surface area contributed by atoms with E-state index in [1.54, 1.807) is 0 Å². The normalized spacial score (nSPS) is 19.5. The van der Waals surface area contributed by atoms with Gasteiger partial charge in [-0.25, -0.2) is 8.42 Å². The van der Waals surface area contributed by atoms with Crippen LogP contribution < -0.4 is 0 Å². The van der Waals surface area contributed by atoms with Gasteiger partial charge >= 0.3 is 6.18 Å². The average molecular weight is 302 g/mol. The van der Waals surface area contributed by atoms with E-state index in [1.807, 2.05) is 6.92 Å². The number of sulfone groups is 1. The van der Waals surface area contributed by atoms with E-state index >= 15 is 0 Å². The van der Waals surface area contributed by atoms with Gasteiger partial charge in [0.15, 0.2) is 9.84 Å². The van der Waals surface area contributed by atoms with Gasteiger partial charge in [-0.05, 0) is 19.3 Å². The number of rotatable bonds is 7. The number of alkyl halides is 3. The van der Waals surface area contributed by atoms with Gasteiger partial charge in [-0.15, -0.1) is 0 Å². The standard InChI is InChI=1S/C11H17F3O4S/c1-2-3-6-18-8-10(4-5-10)19(16,17)7-9(15)11(12,13)14/h7,15H,2-6,8H2,1H3/b9-7-. The Balaban J connectivity index is 2.72. The van der Waals surface area contributed by atoms with Crippen LogP contribution in [0.15, 0.2) is 11.2 Å². The maximum absolute atomic E-state index is 12.1. The lowest BCUT2D eigenvalue weighted by atomic mass is 10.3. The number of aliphatic hydroxyl groups excluding tert-OH is 1. The van der Waals surface area contributed by atoms with Crippen LogP contribution in [0, 0.1) is 0 Å². The summed E-state index contributed by atoms with van der Waals surface area (Å²) >= 11 is 0. The van der Waals surface area contributed by atoms with Crippen molar-refractivity contribution in [1.29, 1.82) is 0 Å². The molecule has 8 heteroatoms. The highest BCUT2D eigenvalue weighted by Crippen LogP contribution is 2.45. The third kappa shape index (κ3) is 4.10. The molecule has 0 atom stereocenters. The Morgan fingerprint density at radius 3 is 2.42 bits per heavy atom. The zero-order valence-corrected chi connectivity index (χ0v) is 11.4. The molecule has 0 heterocycles. The van der Waals surface area contributed by atoms with Crippen molar-refractivity contribution in [2.24, 2.45) is 0 Å². The van der Waals surface area contributed by atoms with Crippen molar-refractivity contribution in [2.45, 2.75) is 43.5 Å². The predicted molar refractivity (Wildman–Crippen MR) is 63.4 cm³/mol. The van der Waals surface area contributed by atoms with Crippen LogP contribution in [0.4, 0.5) is 13.2 Å². The summed E-state index contributed by atoms with van der Waals surface area (Å²) in [5.74, 6) is -2.09. The van der Waals surface area contributed by atoms with Gasteiger partial charge in [-0.2, -0.15) is 13.2 Å². The minimum Gasteiger partial charge on any atom is -0.504 e. The molecule has 4 nitrogen and oxygen atoms in total. The van der Waals surface area contributed by atoms with Crippen LogP contribution in [0.5, 0.6) is 0 Å². The summed E-state index contributed by atoms with van der Waals surface area (Å²) < 4.78 is 63.9. The topological polar surface area (TPSA) is 63.6 Å². The molecule has 0 aromatic carbocycles. The highest BCUT2D eigenvalue weighted by atomic mass is 32.2. The fourth-order valence-electron chi connectivity index (χ4n) is 1.49. The second-order valence-corrected chi connectivity index (χ2v) is 6.83. The first-order valence-electron chi connectivity index (χ1n) is 5.95. The zero-order chi connectivity index (χ0) is 14.7. The fourth-order valence-corrected chi connectivity index (χ4v) is 3.09. The summed E-state index contributed by atoms with van der Waals surface area (Å²) in [6.45, 7) is 2.19. The van der Waals surface area contributed by atoms with E-state index in [2.05, 4.69) is 0 Å². The van der Waals surface area contributed by atoms with E-state index in [0.29, 0.717) is 6.61 Å². The third-order valence-corrected chi connectivity index (χ3v) is 5.24. The van der Waals surface area contributed by atoms with E-state index in [-0.39, 0.29) is 24.9 Å². The number of ether oxygens (including phenoxy) is 1. The zero-order valence-electron chi connectivity index (χ0n) is 10.5. The molecule has 1 rings (SSSR count). The molecule has 112 valence electrons. The smallest absolute Gasteiger partial charge is 0.449 e. The van der Waals surface area contributed by atoms with Gasteiger partial charge in [0.2, 0.25) is 5.76 Å². The number of unbranched alkanes of at least 4 members (excludes halogenated alkanes) is 1. The van der Waals surface area contributed by atoms with Gasteiger partial charge in [0.1, 0.15) is 0 Å². The summed E-state index contributed by atoms with van der Waals surface area (Å²) in [4.78, 5) is 0. The van der Waals surface area contributed by atoms with Crippen LogP contribution in [0.3, 0.4) is 0 Å². The molecular weight excluding hydrogens is 285 g/mol. The van der Waals surface area contributed by atoms with Crippen molar-refractivity contribution >= 4 is 9.84 Å². The van der Waals surface area contributed by atoms with Crippen LogP contribution in [0.1, 0.15) is 32.6 Å². The van der Waals surface area contributed by atoms with Gasteiger partial charge in [0, 0.05) is 6.61 Å². The van der Waals surface area contributed by atoms with E-state index in [4.69, 9.17) is 9.84 Å². The number of hydrogen-bond acceptors (Lipinski definition) is 4. The van der Waals surface area contributed by atoms with Crippen molar-refractivity contribution in [2.75, 3.05) is 13.2 Å². The van der Waals surface area contributed by atoms with Crippen molar-refractivity contribution in [3.05, 3.63) is 11.2 Å². The lowest BCUT2D eigenvalue weighted by Crippen LogP contribution is -2.28. The molecule has 0 amide bonds. The molecule has 1 aliphatic rings. The van der Waals surface area contributed by atoms with Crippen LogP contribution >= 0.6 is 0 Å². The van der Waals surface area contributed by atoms with Gasteiger partial charge in [-0.1, -0.05) is 13.3 Å². The fraction of sp³-hybridized carbons (Fsp3) is 0.818. The SMILES string of the molecule is CCCCOCC1(S(=O)(=O)/C=C(\O)C(F)(F)F)CC1. The van der Waals surface area contributed by atoms with Gasteiger partial charge in [0.05, 0.1) is 16.8 Å². The summed E-state index contributed by atoms with van der Waals surface area (Å²) in [5.41, 5.74) is 0. The molecule has 0 saturated heterocycles.